The summed E-state index contributed by atoms with van der Waals surface area (Å²) in [6, 6.07) is 0.0628. The van der Waals surface area contributed by atoms with E-state index in [4.69, 9.17) is 0 Å². The highest BCUT2D eigenvalue weighted by atomic mass is 16.2. The highest BCUT2D eigenvalue weighted by Crippen LogP contribution is 2.18. The van der Waals surface area contributed by atoms with E-state index in [9.17, 15) is 9.59 Å². The third kappa shape index (κ3) is 2.12. The largest absolute Gasteiger partial charge is 0.325 e. The molecule has 0 aromatic heterocycles. The number of nitrogens with zero attached hydrogens (tertiary/aromatic N) is 1. The van der Waals surface area contributed by atoms with Gasteiger partial charge < -0.3 is 5.32 Å². The van der Waals surface area contributed by atoms with Crippen molar-refractivity contribution in [2.45, 2.75) is 44.3 Å². The Morgan fingerprint density at radius 3 is 2.47 bits per heavy atom. The minimum atomic E-state index is -0.509. The zero-order chi connectivity index (χ0) is 10.8. The van der Waals surface area contributed by atoms with Crippen molar-refractivity contribution in [1.29, 1.82) is 0 Å². The topological polar surface area (TPSA) is 61.4 Å². The summed E-state index contributed by atoms with van der Waals surface area (Å²) in [6.07, 6.45) is 5.39. The smallest absolute Gasteiger partial charge is 0.314 e. The normalized spacial score (nSPS) is 28.3. The zero-order valence-corrected chi connectivity index (χ0v) is 8.95. The van der Waals surface area contributed by atoms with Gasteiger partial charge in [0.1, 0.15) is 0 Å². The van der Waals surface area contributed by atoms with Crippen LogP contribution in [0.1, 0.15) is 32.1 Å². The Labute approximate surface area is 89.2 Å². The molecule has 5 heteroatoms. The summed E-state index contributed by atoms with van der Waals surface area (Å²) in [5.74, 6) is -0.175. The standard InChI is InChI=1S/C10H17N3O2/c1-13-9(14)8(12-10(13)15)11-7-5-3-2-4-6-7/h7-8,11H,2-6H2,1H3,(H,12,15). The fourth-order valence-corrected chi connectivity index (χ4v) is 2.19. The molecule has 0 spiro atoms. The summed E-state index contributed by atoms with van der Waals surface area (Å²) in [6.45, 7) is 0. The quantitative estimate of drug-likeness (QED) is 0.651. The highest BCUT2D eigenvalue weighted by Gasteiger charge is 2.36. The van der Waals surface area contributed by atoms with Crippen LogP contribution in [0.3, 0.4) is 0 Å². The number of hydrogen-bond donors (Lipinski definition) is 2. The van der Waals surface area contributed by atoms with Gasteiger partial charge in [0.2, 0.25) is 0 Å². The molecule has 0 bridgehead atoms. The lowest BCUT2D eigenvalue weighted by Crippen LogP contribution is -2.49. The van der Waals surface area contributed by atoms with E-state index in [2.05, 4.69) is 10.6 Å². The number of rotatable bonds is 2. The second kappa shape index (κ2) is 4.18. The van der Waals surface area contributed by atoms with Gasteiger partial charge in [0, 0.05) is 13.1 Å². The maximum atomic E-state index is 11.6. The number of hydrogen-bond acceptors (Lipinski definition) is 3. The highest BCUT2D eigenvalue weighted by molar-refractivity contribution is 6.03. The van der Waals surface area contributed by atoms with Crippen molar-refractivity contribution in [1.82, 2.24) is 15.5 Å². The lowest BCUT2D eigenvalue weighted by molar-refractivity contribution is -0.127. The Balaban J connectivity index is 1.89. The number of nitrogens with one attached hydrogen (secondary N) is 2. The Morgan fingerprint density at radius 1 is 1.27 bits per heavy atom. The number of likely N-dealkylation sites (N-methyl/N-ethyl adjacent to an activating group) is 1. The monoisotopic (exact) mass is 211 g/mol. The van der Waals surface area contributed by atoms with Crippen molar-refractivity contribution < 1.29 is 9.59 Å². The predicted molar refractivity (Wildman–Crippen MR) is 55.1 cm³/mol. The van der Waals surface area contributed by atoms with Gasteiger partial charge in [0.15, 0.2) is 6.17 Å². The molecule has 2 N–H and O–H groups in total. The summed E-state index contributed by atoms with van der Waals surface area (Å²) in [4.78, 5) is 23.9. The molecule has 1 unspecified atom stereocenters. The minimum absolute atomic E-state index is 0.175. The Morgan fingerprint density at radius 2 is 1.93 bits per heavy atom. The van der Waals surface area contributed by atoms with Crippen molar-refractivity contribution in [2.75, 3.05) is 7.05 Å². The first-order valence-corrected chi connectivity index (χ1v) is 5.52. The Bertz CT molecular complexity index is 274. The van der Waals surface area contributed by atoms with E-state index < -0.39 is 6.17 Å². The SMILES string of the molecule is CN1C(=O)NC(NC2CCCCC2)C1=O. The molecule has 0 radical (unpaired) electrons. The second-order valence-corrected chi connectivity index (χ2v) is 4.28. The van der Waals surface area contributed by atoms with E-state index in [1.54, 1.807) is 0 Å². The van der Waals surface area contributed by atoms with Gasteiger partial charge in [-0.2, -0.15) is 0 Å². The molecule has 1 saturated carbocycles. The van der Waals surface area contributed by atoms with Crippen molar-refractivity contribution in [3.8, 4) is 0 Å². The number of amides is 3. The number of carbonyl (C=O) groups is 2. The van der Waals surface area contributed by atoms with Gasteiger partial charge in [0.25, 0.3) is 5.91 Å². The maximum Gasteiger partial charge on any atom is 0.325 e. The van der Waals surface area contributed by atoms with Crippen LogP contribution < -0.4 is 10.6 Å². The molecule has 1 aliphatic heterocycles. The molecule has 3 amide bonds. The molecular weight excluding hydrogens is 194 g/mol. The van der Waals surface area contributed by atoms with Crippen LogP contribution in [-0.2, 0) is 4.79 Å². The molecule has 2 aliphatic rings. The van der Waals surface area contributed by atoms with Crippen LogP contribution in [0, 0.1) is 0 Å². The average molecular weight is 211 g/mol. The van der Waals surface area contributed by atoms with E-state index in [-0.39, 0.29) is 11.9 Å². The molecule has 1 atom stereocenters. The van der Waals surface area contributed by atoms with Crippen molar-refractivity contribution >= 4 is 11.9 Å². The number of urea groups is 1. The van der Waals surface area contributed by atoms with Crippen molar-refractivity contribution in [3.05, 3.63) is 0 Å². The van der Waals surface area contributed by atoms with Crippen LogP contribution >= 0.6 is 0 Å². The van der Waals surface area contributed by atoms with Crippen LogP contribution in [0.2, 0.25) is 0 Å². The lowest BCUT2D eigenvalue weighted by Gasteiger charge is -2.25. The van der Waals surface area contributed by atoms with Gasteiger partial charge in [-0.15, -0.1) is 0 Å². The van der Waals surface area contributed by atoms with Crippen LogP contribution in [0.25, 0.3) is 0 Å². The molecule has 1 heterocycles. The molecule has 2 rings (SSSR count). The molecule has 15 heavy (non-hydrogen) atoms. The summed E-state index contributed by atoms with van der Waals surface area (Å²) < 4.78 is 0. The van der Waals surface area contributed by atoms with Gasteiger partial charge in [-0.05, 0) is 12.8 Å². The van der Waals surface area contributed by atoms with Crippen LogP contribution in [0.5, 0.6) is 0 Å². The number of imide groups is 1. The van der Waals surface area contributed by atoms with E-state index >= 15 is 0 Å². The third-order valence-electron chi connectivity index (χ3n) is 3.16. The van der Waals surface area contributed by atoms with Gasteiger partial charge in [-0.3, -0.25) is 15.0 Å². The van der Waals surface area contributed by atoms with Gasteiger partial charge in [0.05, 0.1) is 0 Å². The molecule has 0 aromatic carbocycles. The molecule has 1 saturated heterocycles. The fourth-order valence-electron chi connectivity index (χ4n) is 2.19. The lowest BCUT2D eigenvalue weighted by atomic mass is 9.95. The summed E-state index contributed by atoms with van der Waals surface area (Å²) in [5, 5.41) is 5.83. The molecular formula is C10H17N3O2. The second-order valence-electron chi connectivity index (χ2n) is 4.28. The minimum Gasteiger partial charge on any atom is -0.314 e. The van der Waals surface area contributed by atoms with Crippen LogP contribution in [-0.4, -0.2) is 36.1 Å². The third-order valence-corrected chi connectivity index (χ3v) is 3.16. The summed E-state index contributed by atoms with van der Waals surface area (Å²) >= 11 is 0. The average Bonchev–Trinajstić information content (AvgIpc) is 2.48. The molecule has 5 nitrogen and oxygen atoms in total. The number of carbonyl (C=O) groups excluding carboxylic acids is 2. The fraction of sp³-hybridized carbons (Fsp3) is 0.800. The first-order valence-electron chi connectivity index (χ1n) is 5.52. The van der Waals surface area contributed by atoms with Crippen LogP contribution in [0.4, 0.5) is 4.79 Å². The van der Waals surface area contributed by atoms with Gasteiger partial charge in [-0.1, -0.05) is 19.3 Å². The maximum absolute atomic E-state index is 11.6. The van der Waals surface area contributed by atoms with E-state index in [0.717, 1.165) is 17.7 Å². The first kappa shape index (κ1) is 10.4. The van der Waals surface area contributed by atoms with Crippen molar-refractivity contribution in [2.24, 2.45) is 0 Å². The zero-order valence-electron chi connectivity index (χ0n) is 8.95. The van der Waals surface area contributed by atoms with Crippen molar-refractivity contribution in [3.63, 3.8) is 0 Å². The summed E-state index contributed by atoms with van der Waals surface area (Å²) in [7, 11) is 1.50. The van der Waals surface area contributed by atoms with E-state index in [0.29, 0.717) is 6.04 Å². The van der Waals surface area contributed by atoms with Gasteiger partial charge in [-0.25, -0.2) is 4.79 Å². The van der Waals surface area contributed by atoms with Crippen LogP contribution in [0.15, 0.2) is 0 Å². The first-order chi connectivity index (χ1) is 7.18. The Hall–Kier alpha value is -1.10. The predicted octanol–water partition coefficient (Wildman–Crippen LogP) is 0.416. The molecule has 2 fully saturated rings. The molecule has 0 aromatic rings. The Kier molecular flexibility index (Phi) is 2.90. The molecule has 84 valence electrons. The summed E-state index contributed by atoms with van der Waals surface area (Å²) in [5.41, 5.74) is 0. The molecule has 1 aliphatic carbocycles. The van der Waals surface area contributed by atoms with E-state index in [1.807, 2.05) is 0 Å². The van der Waals surface area contributed by atoms with Gasteiger partial charge >= 0.3 is 6.03 Å². The van der Waals surface area contributed by atoms with E-state index in [1.165, 1.54) is 26.3 Å².